The molecule has 280 valence electrons. The third-order valence-corrected chi connectivity index (χ3v) is 19.9. The Morgan fingerprint density at radius 3 is 2.29 bits per heavy atom. The van der Waals surface area contributed by atoms with Crippen LogP contribution in [0.1, 0.15) is 68.0 Å². The van der Waals surface area contributed by atoms with E-state index in [0.29, 0.717) is 5.75 Å². The van der Waals surface area contributed by atoms with E-state index in [2.05, 4.69) is 81.0 Å². The number of aromatic nitrogens is 4. The maximum atomic E-state index is 13.2. The molecule has 3 aromatic rings. The second-order valence-corrected chi connectivity index (χ2v) is 23.1. The molecule has 4 atom stereocenters. The number of aromatic amines is 1. The molecule has 2 aliphatic rings. The first-order valence-corrected chi connectivity index (χ1v) is 21.6. The number of hydrogen-bond acceptors (Lipinski definition) is 11. The number of amides is 2. The summed E-state index contributed by atoms with van der Waals surface area (Å²) in [6, 6.07) is 8.91. The average Bonchev–Trinajstić information content (AvgIpc) is 3.64. The topological polar surface area (TPSA) is 177 Å². The van der Waals surface area contributed by atoms with Crippen LogP contribution in [0.15, 0.2) is 41.5 Å². The highest BCUT2D eigenvalue weighted by Gasteiger charge is 2.62. The molecule has 0 spiro atoms. The van der Waals surface area contributed by atoms with Crippen molar-refractivity contribution in [1.82, 2.24) is 24.8 Å². The summed E-state index contributed by atoms with van der Waals surface area (Å²) in [5.74, 6) is -0.254. The van der Waals surface area contributed by atoms with Crippen molar-refractivity contribution in [2.24, 2.45) is 0 Å². The molecule has 2 saturated heterocycles. The van der Waals surface area contributed by atoms with E-state index in [-0.39, 0.29) is 71.4 Å². The van der Waals surface area contributed by atoms with Crippen molar-refractivity contribution in [1.29, 1.82) is 0 Å². The fraction of sp³-hybridized carbons (Fsp3) is 0.618. The van der Waals surface area contributed by atoms with Gasteiger partial charge in [0.2, 0.25) is 11.9 Å². The van der Waals surface area contributed by atoms with E-state index in [1.807, 2.05) is 6.07 Å². The van der Waals surface area contributed by atoms with Gasteiger partial charge in [0.05, 0.1) is 19.5 Å². The highest BCUT2D eigenvalue weighted by molar-refractivity contribution is 6.84. The normalized spacial score (nSPS) is 23.0. The Morgan fingerprint density at radius 1 is 1.00 bits per heavy atom. The van der Waals surface area contributed by atoms with Gasteiger partial charge in [-0.15, -0.1) is 0 Å². The van der Waals surface area contributed by atoms with E-state index in [0.717, 1.165) is 0 Å². The number of carbonyl (C=O) groups excluding carboxylic acids is 2. The van der Waals surface area contributed by atoms with Gasteiger partial charge in [-0.1, -0.05) is 73.6 Å². The Labute approximate surface area is 300 Å². The highest BCUT2D eigenvalue weighted by atomic mass is 28.5. The number of anilines is 1. The lowest BCUT2D eigenvalue weighted by Gasteiger charge is -2.51. The van der Waals surface area contributed by atoms with Gasteiger partial charge in [-0.2, -0.15) is 4.98 Å². The molecule has 0 radical (unpaired) electrons. The number of H-pyrrole nitrogens is 1. The zero-order valence-electron chi connectivity index (χ0n) is 30.9. The van der Waals surface area contributed by atoms with E-state index < -0.39 is 53.1 Å². The van der Waals surface area contributed by atoms with E-state index in [4.69, 9.17) is 27.2 Å². The van der Waals surface area contributed by atoms with Crippen molar-refractivity contribution in [3.8, 4) is 5.75 Å². The van der Waals surface area contributed by atoms with Crippen molar-refractivity contribution in [3.05, 3.63) is 47.0 Å². The van der Waals surface area contributed by atoms with Crippen LogP contribution in [0.5, 0.6) is 5.75 Å². The van der Waals surface area contributed by atoms with Gasteiger partial charge < -0.3 is 32.5 Å². The standard InChI is InChI=1S/C34H52N6O9Si2/c1-20(2)50(21(3)4)46-17-25-29(48-51(49-50,22(5)6)23(7)8)30(44-16-15-26(41)35-9)33(47-25)40-19-36-28-31(40)38-34(39-32(28)43)37-27(42)18-45-24-13-11-10-12-14-24/h10-14,19-23,25,29-30,33H,15-18H2,1-9H3,(H,35,41)(H2,37,38,39,42,43)/t25-,29-,30-,33-/m1/s1. The Balaban J connectivity index is 1.52. The monoisotopic (exact) mass is 744 g/mol. The van der Waals surface area contributed by atoms with Gasteiger partial charge in [-0.25, -0.2) is 4.98 Å². The van der Waals surface area contributed by atoms with Crippen LogP contribution in [-0.2, 0) is 32.0 Å². The summed E-state index contributed by atoms with van der Waals surface area (Å²) in [6.45, 7) is 17.1. The summed E-state index contributed by atoms with van der Waals surface area (Å²) in [7, 11) is -4.36. The summed E-state index contributed by atoms with van der Waals surface area (Å²) >= 11 is 0. The zero-order chi connectivity index (χ0) is 37.1. The second-order valence-electron chi connectivity index (χ2n) is 14.3. The fourth-order valence-corrected chi connectivity index (χ4v) is 18.1. The van der Waals surface area contributed by atoms with E-state index in [1.165, 1.54) is 6.33 Å². The minimum atomic E-state index is -3.07. The number of fused-ring (bicyclic) bond motifs is 2. The van der Waals surface area contributed by atoms with Crippen molar-refractivity contribution in [2.45, 2.75) is 109 Å². The maximum Gasteiger partial charge on any atom is 0.335 e. The zero-order valence-corrected chi connectivity index (χ0v) is 32.9. The smallest absolute Gasteiger partial charge is 0.335 e. The van der Waals surface area contributed by atoms with Crippen molar-refractivity contribution in [2.75, 3.05) is 32.2 Å². The molecular weight excluding hydrogens is 693 g/mol. The van der Waals surface area contributed by atoms with Crippen molar-refractivity contribution in [3.63, 3.8) is 0 Å². The number of nitrogens with one attached hydrogen (secondary N) is 3. The average molecular weight is 745 g/mol. The molecule has 0 saturated carbocycles. The molecule has 51 heavy (non-hydrogen) atoms. The number of hydrogen-bond donors (Lipinski definition) is 3. The number of ether oxygens (including phenoxy) is 3. The number of benzene rings is 1. The van der Waals surface area contributed by atoms with Crippen LogP contribution in [0.2, 0.25) is 22.2 Å². The van der Waals surface area contributed by atoms with E-state index in [1.54, 1.807) is 35.9 Å². The highest BCUT2D eigenvalue weighted by Crippen LogP contribution is 2.49. The molecule has 2 aromatic heterocycles. The Morgan fingerprint density at radius 2 is 1.67 bits per heavy atom. The van der Waals surface area contributed by atoms with Crippen LogP contribution in [-0.4, -0.2) is 93.6 Å². The first-order chi connectivity index (χ1) is 24.2. The SMILES string of the molecule is CNC(=O)CCO[C@@H]1[C@@H]2O[Si](C(C)C)(C(C)C)O[Si](C(C)C)(C(C)C)OC[C@H]2O[C@H]1n1cnc2c(=O)[nH]c(NC(=O)COc3ccccc3)nc21. The molecule has 15 nitrogen and oxygen atoms in total. The van der Waals surface area contributed by atoms with Gasteiger partial charge in [-0.05, 0) is 34.3 Å². The van der Waals surface area contributed by atoms with Crippen molar-refractivity contribution < 1.29 is 36.8 Å². The minimum absolute atomic E-state index is 0.0465. The van der Waals surface area contributed by atoms with Crippen LogP contribution >= 0.6 is 0 Å². The third-order valence-electron chi connectivity index (χ3n) is 9.61. The van der Waals surface area contributed by atoms with E-state index in [9.17, 15) is 14.4 Å². The second kappa shape index (κ2) is 16.1. The van der Waals surface area contributed by atoms with Crippen LogP contribution in [0.25, 0.3) is 11.2 Å². The number of para-hydroxylation sites is 1. The van der Waals surface area contributed by atoms with Crippen LogP contribution < -0.4 is 20.9 Å². The van der Waals surface area contributed by atoms with Gasteiger partial charge in [0.1, 0.15) is 24.1 Å². The predicted octanol–water partition coefficient (Wildman–Crippen LogP) is 4.51. The molecule has 0 aliphatic carbocycles. The van der Waals surface area contributed by atoms with Crippen LogP contribution in [0.4, 0.5) is 5.95 Å². The number of carbonyl (C=O) groups is 2. The number of rotatable bonds is 13. The molecule has 4 heterocycles. The van der Waals surface area contributed by atoms with Crippen LogP contribution in [0, 0.1) is 0 Å². The fourth-order valence-electron chi connectivity index (χ4n) is 6.94. The summed E-state index contributed by atoms with van der Waals surface area (Å²) in [6.07, 6.45) is -1.29. The molecule has 3 N–H and O–H groups in total. The lowest BCUT2D eigenvalue weighted by Crippen LogP contribution is -2.66. The third kappa shape index (κ3) is 7.98. The molecule has 2 fully saturated rings. The lowest BCUT2D eigenvalue weighted by atomic mass is 10.1. The first kappa shape index (κ1) is 38.8. The Bertz CT molecular complexity index is 1700. The summed E-state index contributed by atoms with van der Waals surface area (Å²) in [5, 5.41) is 5.24. The summed E-state index contributed by atoms with van der Waals surface area (Å²) < 4.78 is 42.0. The number of imidazole rings is 1. The molecule has 17 heteroatoms. The largest absolute Gasteiger partial charge is 0.484 e. The quantitative estimate of drug-likeness (QED) is 0.210. The van der Waals surface area contributed by atoms with Gasteiger partial charge in [-0.3, -0.25) is 29.3 Å². The molecule has 0 unspecified atom stereocenters. The molecule has 0 bridgehead atoms. The lowest BCUT2D eigenvalue weighted by molar-refractivity contribution is -0.124. The van der Waals surface area contributed by atoms with Gasteiger partial charge >= 0.3 is 17.1 Å². The van der Waals surface area contributed by atoms with E-state index >= 15 is 0 Å². The van der Waals surface area contributed by atoms with Crippen molar-refractivity contribution >= 4 is 46.0 Å². The predicted molar refractivity (Wildman–Crippen MR) is 195 cm³/mol. The number of nitrogens with zero attached hydrogens (tertiary/aromatic N) is 3. The first-order valence-electron chi connectivity index (χ1n) is 17.7. The minimum Gasteiger partial charge on any atom is -0.484 e. The molecule has 1 aromatic carbocycles. The van der Waals surface area contributed by atoms with Gasteiger partial charge in [0.25, 0.3) is 11.5 Å². The summed E-state index contributed by atoms with van der Waals surface area (Å²) in [5.41, 5.74) is 0.0482. The molecule has 2 amide bonds. The van der Waals surface area contributed by atoms with Crippen LogP contribution in [0.3, 0.4) is 0 Å². The Kier molecular flexibility index (Phi) is 12.2. The maximum absolute atomic E-state index is 13.2. The molecule has 5 rings (SSSR count). The van der Waals surface area contributed by atoms with Gasteiger partial charge in [0, 0.05) is 13.5 Å². The molecule has 2 aliphatic heterocycles. The Hall–Kier alpha value is -3.46. The van der Waals surface area contributed by atoms with Gasteiger partial charge in [0.15, 0.2) is 24.0 Å². The molecular formula is C34H52N6O9Si2. The summed E-state index contributed by atoms with van der Waals surface area (Å²) in [4.78, 5) is 49.7.